The van der Waals surface area contributed by atoms with Gasteiger partial charge in [-0.25, -0.2) is 0 Å². The molecule has 1 aromatic rings. The van der Waals surface area contributed by atoms with Gasteiger partial charge in [0.25, 0.3) is 0 Å². The van der Waals surface area contributed by atoms with Gasteiger partial charge in [0.05, 0.1) is 18.3 Å². The van der Waals surface area contributed by atoms with Gasteiger partial charge >= 0.3 is 0 Å². The van der Waals surface area contributed by atoms with Crippen molar-refractivity contribution >= 4 is 5.91 Å². The molecule has 1 fully saturated rings. The lowest BCUT2D eigenvalue weighted by Gasteiger charge is -2.26. The van der Waals surface area contributed by atoms with Crippen LogP contribution in [0, 0.1) is 19.8 Å². The van der Waals surface area contributed by atoms with Crippen molar-refractivity contribution in [3.8, 4) is 0 Å². The fraction of sp³-hybridized carbons (Fsp3) is 0.647. The van der Waals surface area contributed by atoms with Crippen LogP contribution in [0.15, 0.2) is 18.2 Å². The first-order valence-electron chi connectivity index (χ1n) is 8.10. The molecule has 1 aromatic heterocycles. The summed E-state index contributed by atoms with van der Waals surface area (Å²) in [6.45, 7) is 5.86. The van der Waals surface area contributed by atoms with Gasteiger partial charge in [0.2, 0.25) is 5.91 Å². The maximum atomic E-state index is 12.6. The topological polar surface area (TPSA) is 38.1 Å². The molecule has 1 amide bonds. The third-order valence-electron chi connectivity index (χ3n) is 4.73. The monoisotopic (exact) mass is 287 g/mol. The number of aryl methyl sites for hydroxylation is 2. The molecule has 0 saturated carbocycles. The first kappa shape index (κ1) is 14.4. The van der Waals surface area contributed by atoms with Crippen molar-refractivity contribution in [3.05, 3.63) is 29.6 Å². The predicted octanol–water partition coefficient (Wildman–Crippen LogP) is 2.85. The van der Waals surface area contributed by atoms with Gasteiger partial charge in [-0.1, -0.05) is 12.2 Å². The van der Waals surface area contributed by atoms with Gasteiger partial charge in [0.1, 0.15) is 0 Å². The summed E-state index contributed by atoms with van der Waals surface area (Å²) in [6.07, 6.45) is 9.60. The molecule has 0 aromatic carbocycles. The van der Waals surface area contributed by atoms with Crippen molar-refractivity contribution in [2.45, 2.75) is 58.5 Å². The highest BCUT2D eigenvalue weighted by Crippen LogP contribution is 2.25. The van der Waals surface area contributed by atoms with E-state index in [0.29, 0.717) is 24.3 Å². The summed E-state index contributed by atoms with van der Waals surface area (Å²) in [5.74, 6) is 0.794. The third kappa shape index (κ3) is 3.20. The molecule has 2 aliphatic rings. The summed E-state index contributed by atoms with van der Waals surface area (Å²) in [5, 5.41) is 4.54. The largest absolute Gasteiger partial charge is 0.338 e. The molecule has 2 atom stereocenters. The zero-order valence-electron chi connectivity index (χ0n) is 13.1. The van der Waals surface area contributed by atoms with Gasteiger partial charge in [-0.3, -0.25) is 9.48 Å². The molecular formula is C17H25N3O. The lowest BCUT2D eigenvalue weighted by molar-refractivity contribution is -0.132. The number of aromatic nitrogens is 2. The molecule has 1 saturated heterocycles. The number of allylic oxidation sites excluding steroid dienone is 2. The lowest BCUT2D eigenvalue weighted by Crippen LogP contribution is -2.39. The molecule has 4 heteroatoms. The summed E-state index contributed by atoms with van der Waals surface area (Å²) in [7, 11) is 0. The number of rotatable bonds is 4. The molecule has 1 aliphatic carbocycles. The van der Waals surface area contributed by atoms with Crippen molar-refractivity contribution in [1.82, 2.24) is 14.7 Å². The zero-order valence-corrected chi connectivity index (χ0v) is 13.1. The lowest BCUT2D eigenvalue weighted by atomic mass is 10.0. The maximum absolute atomic E-state index is 12.6. The Bertz CT molecular complexity index is 546. The Morgan fingerprint density at radius 1 is 1.38 bits per heavy atom. The average Bonchev–Trinajstić information content (AvgIpc) is 3.13. The molecule has 3 rings (SSSR count). The third-order valence-corrected chi connectivity index (χ3v) is 4.73. The van der Waals surface area contributed by atoms with E-state index in [4.69, 9.17) is 0 Å². The second-order valence-corrected chi connectivity index (χ2v) is 6.46. The normalized spacial score (nSPS) is 25.0. The Balaban J connectivity index is 1.63. The molecular weight excluding hydrogens is 262 g/mol. The number of nitrogens with zero attached hydrogens (tertiary/aromatic N) is 3. The van der Waals surface area contributed by atoms with E-state index in [0.717, 1.165) is 44.5 Å². The van der Waals surface area contributed by atoms with Crippen LogP contribution in [0.1, 0.15) is 43.5 Å². The van der Waals surface area contributed by atoms with Crippen molar-refractivity contribution in [2.75, 3.05) is 6.54 Å². The Labute approximate surface area is 126 Å². The van der Waals surface area contributed by atoms with Crippen LogP contribution in [0.4, 0.5) is 0 Å². The minimum atomic E-state index is 0.320. The van der Waals surface area contributed by atoms with Crippen LogP contribution in [0.25, 0.3) is 0 Å². The maximum Gasteiger partial charge on any atom is 0.223 e. The molecule has 2 heterocycles. The molecule has 0 radical (unpaired) electrons. The number of hydrogen-bond donors (Lipinski definition) is 0. The van der Waals surface area contributed by atoms with Crippen molar-refractivity contribution < 1.29 is 4.79 Å². The van der Waals surface area contributed by atoms with Crippen LogP contribution in [-0.4, -0.2) is 33.2 Å². The van der Waals surface area contributed by atoms with Gasteiger partial charge in [-0.05, 0) is 51.5 Å². The van der Waals surface area contributed by atoms with Gasteiger partial charge in [-0.15, -0.1) is 0 Å². The van der Waals surface area contributed by atoms with E-state index < -0.39 is 0 Å². The predicted molar refractivity (Wildman–Crippen MR) is 82.9 cm³/mol. The van der Waals surface area contributed by atoms with Crippen LogP contribution in [0.3, 0.4) is 0 Å². The molecule has 0 N–H and O–H groups in total. The van der Waals surface area contributed by atoms with E-state index in [9.17, 15) is 4.79 Å². The Kier molecular flexibility index (Phi) is 4.13. The summed E-state index contributed by atoms with van der Waals surface area (Å²) in [4.78, 5) is 14.7. The molecule has 0 unspecified atom stereocenters. The second-order valence-electron chi connectivity index (χ2n) is 6.46. The van der Waals surface area contributed by atoms with Gasteiger partial charge < -0.3 is 4.90 Å². The fourth-order valence-corrected chi connectivity index (χ4v) is 3.62. The molecule has 0 spiro atoms. The van der Waals surface area contributed by atoms with E-state index in [2.05, 4.69) is 39.8 Å². The van der Waals surface area contributed by atoms with E-state index in [1.165, 1.54) is 5.69 Å². The van der Waals surface area contributed by atoms with Crippen molar-refractivity contribution in [2.24, 2.45) is 5.92 Å². The first-order valence-corrected chi connectivity index (χ1v) is 8.10. The summed E-state index contributed by atoms with van der Waals surface area (Å²) in [6, 6.07) is 2.42. The van der Waals surface area contributed by atoms with Crippen molar-refractivity contribution in [3.63, 3.8) is 0 Å². The zero-order chi connectivity index (χ0) is 14.8. The Hall–Kier alpha value is -1.58. The van der Waals surface area contributed by atoms with E-state index in [1.54, 1.807) is 0 Å². The van der Waals surface area contributed by atoms with Crippen LogP contribution in [-0.2, 0) is 11.3 Å². The average molecular weight is 287 g/mol. The number of amides is 1. The van der Waals surface area contributed by atoms with Crippen LogP contribution < -0.4 is 0 Å². The van der Waals surface area contributed by atoms with Gasteiger partial charge in [0, 0.05) is 18.7 Å². The molecule has 114 valence electrons. The van der Waals surface area contributed by atoms with Crippen LogP contribution in [0.2, 0.25) is 0 Å². The molecule has 1 aliphatic heterocycles. The van der Waals surface area contributed by atoms with E-state index in [-0.39, 0.29) is 0 Å². The highest BCUT2D eigenvalue weighted by Gasteiger charge is 2.30. The fourth-order valence-electron chi connectivity index (χ4n) is 3.62. The molecule has 4 nitrogen and oxygen atoms in total. The Morgan fingerprint density at radius 2 is 2.24 bits per heavy atom. The number of hydrogen-bond acceptors (Lipinski definition) is 2. The van der Waals surface area contributed by atoms with E-state index >= 15 is 0 Å². The number of carbonyl (C=O) groups is 1. The van der Waals surface area contributed by atoms with E-state index in [1.807, 2.05) is 6.92 Å². The summed E-state index contributed by atoms with van der Waals surface area (Å²) >= 11 is 0. The highest BCUT2D eigenvalue weighted by molar-refractivity contribution is 5.77. The minimum absolute atomic E-state index is 0.320. The number of carbonyl (C=O) groups excluding carboxylic acids is 1. The van der Waals surface area contributed by atoms with Gasteiger partial charge in [-0.2, -0.15) is 5.10 Å². The SMILES string of the molecule is Cc1cc(C)n(C[C@@H]2CCCN2C(=O)C[C@H]2C=CCC2)n1. The van der Waals surface area contributed by atoms with Crippen LogP contribution in [0.5, 0.6) is 0 Å². The first-order chi connectivity index (χ1) is 10.1. The second kappa shape index (κ2) is 6.04. The molecule has 0 bridgehead atoms. The standard InChI is InChI=1S/C17H25N3O/c1-13-10-14(2)20(18-13)12-16-8-5-9-19(16)17(21)11-15-6-3-4-7-15/h3,6,10,15-16H,4-5,7-9,11-12H2,1-2H3/t15-,16-/m0/s1. The smallest absolute Gasteiger partial charge is 0.223 e. The molecule has 21 heavy (non-hydrogen) atoms. The van der Waals surface area contributed by atoms with Crippen molar-refractivity contribution in [1.29, 1.82) is 0 Å². The highest BCUT2D eigenvalue weighted by atomic mass is 16.2. The summed E-state index contributed by atoms with van der Waals surface area (Å²) < 4.78 is 2.06. The quantitative estimate of drug-likeness (QED) is 0.799. The Morgan fingerprint density at radius 3 is 2.90 bits per heavy atom. The minimum Gasteiger partial charge on any atom is -0.338 e. The van der Waals surface area contributed by atoms with Crippen LogP contribution >= 0.6 is 0 Å². The van der Waals surface area contributed by atoms with Gasteiger partial charge in [0.15, 0.2) is 0 Å². The summed E-state index contributed by atoms with van der Waals surface area (Å²) in [5.41, 5.74) is 2.24. The number of likely N-dealkylation sites (tertiary alicyclic amines) is 1.